The van der Waals surface area contributed by atoms with Gasteiger partial charge in [-0.1, -0.05) is 22.9 Å². The quantitative estimate of drug-likeness (QED) is 0.226. The molecule has 1 atom stereocenters. The number of aromatic nitrogens is 3. The highest BCUT2D eigenvalue weighted by molar-refractivity contribution is 9.10. The first-order chi connectivity index (χ1) is 15.8. The number of nitrogen functional groups attached to an aromatic ring is 1. The Kier molecular flexibility index (Phi) is 8.32. The number of carbonyl (C=O) groups excluding carboxylic acids is 1. The molecule has 0 fully saturated rings. The summed E-state index contributed by atoms with van der Waals surface area (Å²) < 4.78 is 13.6. The lowest BCUT2D eigenvalue weighted by atomic mass is 10.1. The molecule has 3 N–H and O–H groups in total. The summed E-state index contributed by atoms with van der Waals surface area (Å²) in [6, 6.07) is 9.19. The number of carbonyl (C=O) groups is 1. The molecule has 33 heavy (non-hydrogen) atoms. The molecule has 0 aliphatic carbocycles. The van der Waals surface area contributed by atoms with Crippen LogP contribution in [0.15, 0.2) is 41.0 Å². The van der Waals surface area contributed by atoms with Crippen molar-refractivity contribution in [2.45, 2.75) is 26.7 Å². The van der Waals surface area contributed by atoms with Gasteiger partial charge in [-0.2, -0.15) is 5.10 Å². The second-order valence-corrected chi connectivity index (χ2v) is 8.99. The maximum atomic E-state index is 12.0. The number of methoxy groups -OCH3 is 1. The molecular formula is C24H30BrN5O3. The fourth-order valence-corrected chi connectivity index (χ4v) is 3.84. The SMILES string of the molecule is COC(=O)c1cc(C)nc(-c2cnn(C)c2OCCCC(C)CNc2cc(Br)ccc2N)c1. The van der Waals surface area contributed by atoms with E-state index in [4.69, 9.17) is 15.2 Å². The second-order valence-electron chi connectivity index (χ2n) is 8.07. The first kappa shape index (κ1) is 24.6. The van der Waals surface area contributed by atoms with Crippen LogP contribution in [0.2, 0.25) is 0 Å². The topological polar surface area (TPSA) is 104 Å². The number of nitrogens with zero attached hydrogens (tertiary/aromatic N) is 3. The van der Waals surface area contributed by atoms with Crippen LogP contribution in [0.4, 0.5) is 11.4 Å². The molecule has 176 valence electrons. The maximum Gasteiger partial charge on any atom is 0.337 e. The van der Waals surface area contributed by atoms with E-state index in [2.05, 4.69) is 38.3 Å². The molecule has 1 aromatic carbocycles. The molecule has 8 nitrogen and oxygen atoms in total. The van der Waals surface area contributed by atoms with Crippen LogP contribution in [0, 0.1) is 12.8 Å². The molecule has 0 aliphatic rings. The molecule has 0 aliphatic heterocycles. The van der Waals surface area contributed by atoms with Gasteiger partial charge in [0.2, 0.25) is 5.88 Å². The van der Waals surface area contributed by atoms with E-state index < -0.39 is 5.97 Å². The van der Waals surface area contributed by atoms with Gasteiger partial charge in [0, 0.05) is 23.8 Å². The minimum absolute atomic E-state index is 0.402. The second kappa shape index (κ2) is 11.2. The highest BCUT2D eigenvalue weighted by Gasteiger charge is 2.17. The lowest BCUT2D eigenvalue weighted by Crippen LogP contribution is -2.14. The third-order valence-electron chi connectivity index (χ3n) is 5.27. The van der Waals surface area contributed by atoms with Gasteiger partial charge in [0.1, 0.15) is 0 Å². The standard InChI is InChI=1S/C24H30BrN5O3/c1-15(13-27-22-12-18(25)7-8-20(22)26)6-5-9-33-23-19(14-28-30(23)3)21-11-17(24(31)32-4)10-16(2)29-21/h7-8,10-12,14-15,27H,5-6,9,13,26H2,1-4H3. The number of benzene rings is 1. The van der Waals surface area contributed by atoms with Crippen molar-refractivity contribution in [3.05, 3.63) is 52.3 Å². The van der Waals surface area contributed by atoms with Crippen LogP contribution < -0.4 is 15.8 Å². The summed E-state index contributed by atoms with van der Waals surface area (Å²) in [5.74, 6) is 0.663. The zero-order valence-corrected chi connectivity index (χ0v) is 21.0. The van der Waals surface area contributed by atoms with E-state index in [1.54, 1.807) is 23.0 Å². The average molecular weight is 516 g/mol. The Morgan fingerprint density at radius 1 is 1.30 bits per heavy atom. The Labute approximate surface area is 202 Å². The predicted octanol–water partition coefficient (Wildman–Crippen LogP) is 4.83. The van der Waals surface area contributed by atoms with E-state index >= 15 is 0 Å². The molecule has 3 rings (SSSR count). The van der Waals surface area contributed by atoms with E-state index in [9.17, 15) is 4.79 Å². The molecule has 0 amide bonds. The van der Waals surface area contributed by atoms with Crippen LogP contribution in [0.3, 0.4) is 0 Å². The van der Waals surface area contributed by atoms with Crippen molar-refractivity contribution in [2.75, 3.05) is 31.3 Å². The number of anilines is 2. The number of ether oxygens (including phenoxy) is 2. The minimum atomic E-state index is -0.402. The van der Waals surface area contributed by atoms with Crippen LogP contribution >= 0.6 is 15.9 Å². The van der Waals surface area contributed by atoms with Gasteiger partial charge >= 0.3 is 5.97 Å². The van der Waals surface area contributed by atoms with Gasteiger partial charge in [0.25, 0.3) is 0 Å². The number of aryl methyl sites for hydroxylation is 2. The normalized spacial score (nSPS) is 11.8. The zero-order valence-electron chi connectivity index (χ0n) is 19.4. The number of nitrogens with two attached hydrogens (primary N) is 1. The molecule has 0 saturated heterocycles. The fourth-order valence-electron chi connectivity index (χ4n) is 3.48. The van der Waals surface area contributed by atoms with E-state index in [1.165, 1.54) is 7.11 Å². The molecule has 9 heteroatoms. The summed E-state index contributed by atoms with van der Waals surface area (Å²) in [7, 11) is 3.19. The molecule has 2 aromatic heterocycles. The molecule has 0 spiro atoms. The van der Waals surface area contributed by atoms with Crippen molar-refractivity contribution in [3.8, 4) is 17.1 Å². The third kappa shape index (κ3) is 6.47. The Balaban J connectivity index is 1.56. The Morgan fingerprint density at radius 2 is 2.09 bits per heavy atom. The van der Waals surface area contributed by atoms with Crippen molar-refractivity contribution in [2.24, 2.45) is 13.0 Å². The minimum Gasteiger partial charge on any atom is -0.477 e. The van der Waals surface area contributed by atoms with Gasteiger partial charge in [-0.25, -0.2) is 9.48 Å². The van der Waals surface area contributed by atoms with Crippen molar-refractivity contribution >= 4 is 33.3 Å². The van der Waals surface area contributed by atoms with Crippen LogP contribution in [0.25, 0.3) is 11.3 Å². The van der Waals surface area contributed by atoms with Crippen molar-refractivity contribution < 1.29 is 14.3 Å². The molecule has 3 aromatic rings. The van der Waals surface area contributed by atoms with Crippen molar-refractivity contribution in [1.82, 2.24) is 14.8 Å². The summed E-state index contributed by atoms with van der Waals surface area (Å²) in [4.78, 5) is 16.5. The maximum absolute atomic E-state index is 12.0. The van der Waals surface area contributed by atoms with Crippen LogP contribution in [0.1, 0.15) is 35.8 Å². The number of rotatable bonds is 10. The Bertz CT molecular complexity index is 1120. The van der Waals surface area contributed by atoms with Crippen LogP contribution in [0.5, 0.6) is 5.88 Å². The van der Waals surface area contributed by atoms with E-state index in [1.807, 2.05) is 32.2 Å². The lowest BCUT2D eigenvalue weighted by Gasteiger charge is -2.16. The third-order valence-corrected chi connectivity index (χ3v) is 5.76. The monoisotopic (exact) mass is 515 g/mol. The molecule has 2 heterocycles. The number of hydrogen-bond donors (Lipinski definition) is 2. The predicted molar refractivity (Wildman–Crippen MR) is 133 cm³/mol. The molecule has 0 bridgehead atoms. The Morgan fingerprint density at radius 3 is 2.85 bits per heavy atom. The van der Waals surface area contributed by atoms with Gasteiger partial charge in [-0.05, 0) is 56.0 Å². The number of pyridine rings is 1. The first-order valence-electron chi connectivity index (χ1n) is 10.8. The van der Waals surface area contributed by atoms with Gasteiger partial charge in [0.05, 0.1) is 48.1 Å². The van der Waals surface area contributed by atoms with Gasteiger partial charge in [-0.3, -0.25) is 4.98 Å². The smallest absolute Gasteiger partial charge is 0.337 e. The fraction of sp³-hybridized carbons (Fsp3) is 0.375. The first-order valence-corrected chi connectivity index (χ1v) is 11.6. The van der Waals surface area contributed by atoms with E-state index in [-0.39, 0.29) is 0 Å². The van der Waals surface area contributed by atoms with Crippen molar-refractivity contribution in [1.29, 1.82) is 0 Å². The lowest BCUT2D eigenvalue weighted by molar-refractivity contribution is 0.0600. The van der Waals surface area contributed by atoms with E-state index in [0.29, 0.717) is 29.7 Å². The Hall–Kier alpha value is -3.07. The zero-order chi connectivity index (χ0) is 24.0. The van der Waals surface area contributed by atoms with Gasteiger partial charge < -0.3 is 20.5 Å². The summed E-state index contributed by atoms with van der Waals surface area (Å²) >= 11 is 3.47. The molecule has 1 unspecified atom stereocenters. The molecule has 0 radical (unpaired) electrons. The van der Waals surface area contributed by atoms with Crippen LogP contribution in [-0.4, -0.2) is 41.0 Å². The number of halogens is 1. The van der Waals surface area contributed by atoms with Crippen LogP contribution in [-0.2, 0) is 11.8 Å². The highest BCUT2D eigenvalue weighted by Crippen LogP contribution is 2.29. The van der Waals surface area contributed by atoms with Gasteiger partial charge in [0.15, 0.2) is 0 Å². The molecule has 0 saturated carbocycles. The summed E-state index contributed by atoms with van der Waals surface area (Å²) in [5.41, 5.74) is 10.2. The number of hydrogen-bond acceptors (Lipinski definition) is 7. The summed E-state index contributed by atoms with van der Waals surface area (Å²) in [6.07, 6.45) is 3.58. The largest absolute Gasteiger partial charge is 0.477 e. The van der Waals surface area contributed by atoms with Crippen molar-refractivity contribution in [3.63, 3.8) is 0 Å². The average Bonchev–Trinajstić information content (AvgIpc) is 3.16. The summed E-state index contributed by atoms with van der Waals surface area (Å²) in [5, 5.41) is 7.74. The van der Waals surface area contributed by atoms with Gasteiger partial charge in [-0.15, -0.1) is 0 Å². The van der Waals surface area contributed by atoms with E-state index in [0.717, 1.165) is 46.5 Å². The number of esters is 1. The highest BCUT2D eigenvalue weighted by atomic mass is 79.9. The number of nitrogens with one attached hydrogen (secondary N) is 1. The summed E-state index contributed by atoms with van der Waals surface area (Å²) in [6.45, 7) is 5.40. The molecular weight excluding hydrogens is 486 g/mol.